The summed E-state index contributed by atoms with van der Waals surface area (Å²) in [4.78, 5) is 21.9. The maximum atomic E-state index is 12.7. The van der Waals surface area contributed by atoms with E-state index in [2.05, 4.69) is 43.8 Å². The fraction of sp³-hybridized carbons (Fsp3) is 0.524. The van der Waals surface area contributed by atoms with Gasteiger partial charge in [0.2, 0.25) is 0 Å². The van der Waals surface area contributed by atoms with Crippen molar-refractivity contribution in [2.75, 3.05) is 25.0 Å². The summed E-state index contributed by atoms with van der Waals surface area (Å²) in [6.45, 7) is 12.0. The second-order valence-corrected chi connectivity index (χ2v) is 9.24. The Morgan fingerprint density at radius 2 is 2.07 bits per heavy atom. The van der Waals surface area contributed by atoms with Gasteiger partial charge >= 0.3 is 0 Å². The highest BCUT2D eigenvalue weighted by Crippen LogP contribution is 2.45. The number of benzene rings is 1. The van der Waals surface area contributed by atoms with Crippen molar-refractivity contribution in [3.05, 3.63) is 33.2 Å². The van der Waals surface area contributed by atoms with Gasteiger partial charge in [-0.15, -0.1) is 0 Å². The lowest BCUT2D eigenvalue weighted by Gasteiger charge is -2.45. The van der Waals surface area contributed by atoms with Crippen LogP contribution in [-0.4, -0.2) is 41.7 Å². The number of hydrogen-bond acceptors (Lipinski definition) is 4. The SMILES string of the molecule is CCN=C1S/C(=C\c2cc3c(cc2Cl)N(C)C(C)(C)CC3C)C(=O)N1CC. The van der Waals surface area contributed by atoms with E-state index in [-0.39, 0.29) is 11.4 Å². The highest BCUT2D eigenvalue weighted by Gasteiger charge is 2.35. The van der Waals surface area contributed by atoms with Crippen molar-refractivity contribution >= 4 is 46.2 Å². The van der Waals surface area contributed by atoms with Crippen molar-refractivity contribution in [2.45, 2.75) is 52.5 Å². The largest absolute Gasteiger partial charge is 0.369 e. The Morgan fingerprint density at radius 3 is 2.70 bits per heavy atom. The molecule has 2 aliphatic rings. The fourth-order valence-corrected chi connectivity index (χ4v) is 5.20. The number of amidine groups is 1. The standard InChI is InChI=1S/C21H28ClN3OS/c1-7-23-20-25(8-2)19(26)18(27-20)10-14-9-15-13(3)12-21(4,5)24(6)17(15)11-16(14)22/h9-11,13H,7-8,12H2,1-6H3/b18-10-,23-20?. The predicted octanol–water partition coefficient (Wildman–Crippen LogP) is 5.37. The number of thioether (sulfide) groups is 1. The molecule has 1 unspecified atom stereocenters. The van der Waals surface area contributed by atoms with E-state index in [9.17, 15) is 4.79 Å². The van der Waals surface area contributed by atoms with Crippen LogP contribution in [0.5, 0.6) is 0 Å². The highest BCUT2D eigenvalue weighted by molar-refractivity contribution is 8.18. The van der Waals surface area contributed by atoms with E-state index < -0.39 is 0 Å². The van der Waals surface area contributed by atoms with Gasteiger partial charge in [-0.1, -0.05) is 18.5 Å². The number of likely N-dealkylation sites (N-methyl/N-ethyl adjacent to an activating group) is 1. The van der Waals surface area contributed by atoms with E-state index in [1.54, 1.807) is 4.90 Å². The van der Waals surface area contributed by atoms with Gasteiger partial charge in [0.05, 0.1) is 4.91 Å². The third-order valence-corrected chi connectivity index (χ3v) is 6.91. The number of anilines is 1. The predicted molar refractivity (Wildman–Crippen MR) is 118 cm³/mol. The number of amides is 1. The third kappa shape index (κ3) is 3.64. The summed E-state index contributed by atoms with van der Waals surface area (Å²) in [6.07, 6.45) is 3.00. The molecule has 0 aromatic heterocycles. The molecular formula is C21H28ClN3OS. The highest BCUT2D eigenvalue weighted by atomic mass is 35.5. The van der Waals surface area contributed by atoms with Crippen molar-refractivity contribution in [2.24, 2.45) is 4.99 Å². The number of hydrogen-bond donors (Lipinski definition) is 0. The van der Waals surface area contributed by atoms with Crippen LogP contribution in [-0.2, 0) is 4.79 Å². The first-order chi connectivity index (χ1) is 12.7. The van der Waals surface area contributed by atoms with Gasteiger partial charge in [0, 0.05) is 36.4 Å². The first kappa shape index (κ1) is 20.3. The molecule has 1 aromatic carbocycles. The van der Waals surface area contributed by atoms with Gasteiger partial charge in [0.15, 0.2) is 5.17 Å². The molecule has 0 aliphatic carbocycles. The van der Waals surface area contributed by atoms with Crippen LogP contribution in [0.2, 0.25) is 5.02 Å². The van der Waals surface area contributed by atoms with Crippen LogP contribution in [0.4, 0.5) is 5.69 Å². The van der Waals surface area contributed by atoms with Gasteiger partial charge in [-0.25, -0.2) is 0 Å². The summed E-state index contributed by atoms with van der Waals surface area (Å²) >= 11 is 8.06. The minimum absolute atomic E-state index is 0.00906. The van der Waals surface area contributed by atoms with Crippen molar-refractivity contribution < 1.29 is 4.79 Å². The van der Waals surface area contributed by atoms with E-state index in [0.717, 1.165) is 17.2 Å². The van der Waals surface area contributed by atoms with Crippen molar-refractivity contribution in [1.29, 1.82) is 0 Å². The molecule has 0 radical (unpaired) electrons. The molecule has 0 spiro atoms. The van der Waals surface area contributed by atoms with Gasteiger partial charge < -0.3 is 4.90 Å². The van der Waals surface area contributed by atoms with E-state index in [1.165, 1.54) is 23.0 Å². The first-order valence-corrected chi connectivity index (χ1v) is 10.7. The van der Waals surface area contributed by atoms with Crippen LogP contribution < -0.4 is 4.90 Å². The zero-order valence-electron chi connectivity index (χ0n) is 17.0. The van der Waals surface area contributed by atoms with Gasteiger partial charge in [0.1, 0.15) is 0 Å². The lowest BCUT2D eigenvalue weighted by molar-refractivity contribution is -0.122. The summed E-state index contributed by atoms with van der Waals surface area (Å²) in [6, 6.07) is 4.20. The molecular weight excluding hydrogens is 378 g/mol. The molecule has 1 saturated heterocycles. The smallest absolute Gasteiger partial charge is 0.266 e. The molecule has 0 bridgehead atoms. The number of halogens is 1. The Bertz CT molecular complexity index is 831. The van der Waals surface area contributed by atoms with Gasteiger partial charge in [-0.05, 0) is 81.1 Å². The molecule has 3 rings (SSSR count). The van der Waals surface area contributed by atoms with Crippen LogP contribution in [0.25, 0.3) is 6.08 Å². The molecule has 1 aromatic rings. The van der Waals surface area contributed by atoms with Crippen LogP contribution in [0, 0.1) is 0 Å². The Labute approximate surface area is 171 Å². The number of fused-ring (bicyclic) bond motifs is 1. The summed E-state index contributed by atoms with van der Waals surface area (Å²) < 4.78 is 0. The minimum atomic E-state index is 0.00906. The monoisotopic (exact) mass is 405 g/mol. The lowest BCUT2D eigenvalue weighted by atomic mass is 9.80. The number of carbonyl (C=O) groups excluding carboxylic acids is 1. The van der Waals surface area contributed by atoms with Gasteiger partial charge in [-0.3, -0.25) is 14.7 Å². The molecule has 1 atom stereocenters. The Morgan fingerprint density at radius 1 is 1.37 bits per heavy atom. The summed E-state index contributed by atoms with van der Waals surface area (Å²) in [5.41, 5.74) is 3.47. The lowest BCUT2D eigenvalue weighted by Crippen LogP contribution is -2.45. The van der Waals surface area contributed by atoms with Crippen LogP contribution in [0.1, 0.15) is 58.1 Å². The van der Waals surface area contributed by atoms with Crippen molar-refractivity contribution in [3.63, 3.8) is 0 Å². The van der Waals surface area contributed by atoms with E-state index in [4.69, 9.17) is 11.6 Å². The minimum Gasteiger partial charge on any atom is -0.369 e. The second kappa shape index (κ2) is 7.51. The van der Waals surface area contributed by atoms with Crippen LogP contribution >= 0.6 is 23.4 Å². The Balaban J connectivity index is 2.02. The second-order valence-electron chi connectivity index (χ2n) is 7.83. The zero-order valence-corrected chi connectivity index (χ0v) is 18.5. The average molecular weight is 406 g/mol. The average Bonchev–Trinajstić information content (AvgIpc) is 2.89. The molecule has 27 heavy (non-hydrogen) atoms. The summed E-state index contributed by atoms with van der Waals surface area (Å²) in [5.74, 6) is 0.451. The Kier molecular flexibility index (Phi) is 5.64. The summed E-state index contributed by atoms with van der Waals surface area (Å²) in [7, 11) is 2.13. The van der Waals surface area contributed by atoms with Crippen LogP contribution in [0.15, 0.2) is 22.0 Å². The molecule has 2 heterocycles. The molecule has 2 aliphatic heterocycles. The van der Waals surface area contributed by atoms with E-state index >= 15 is 0 Å². The van der Waals surface area contributed by atoms with E-state index in [0.29, 0.717) is 28.9 Å². The van der Waals surface area contributed by atoms with E-state index in [1.807, 2.05) is 26.0 Å². The fourth-order valence-electron chi connectivity index (χ4n) is 3.90. The normalized spacial score (nSPS) is 24.9. The number of carbonyl (C=O) groups is 1. The Hall–Kier alpha value is -1.46. The topological polar surface area (TPSA) is 35.9 Å². The van der Waals surface area contributed by atoms with Crippen molar-refractivity contribution in [3.8, 4) is 0 Å². The molecule has 0 N–H and O–H groups in total. The molecule has 1 fully saturated rings. The molecule has 6 heteroatoms. The number of nitrogens with zero attached hydrogens (tertiary/aromatic N) is 3. The maximum Gasteiger partial charge on any atom is 0.266 e. The van der Waals surface area contributed by atoms with Crippen molar-refractivity contribution in [1.82, 2.24) is 4.90 Å². The molecule has 4 nitrogen and oxygen atoms in total. The molecule has 146 valence electrons. The van der Waals surface area contributed by atoms with Crippen LogP contribution in [0.3, 0.4) is 0 Å². The zero-order chi connectivity index (χ0) is 19.9. The molecule has 0 saturated carbocycles. The maximum absolute atomic E-state index is 12.7. The quantitative estimate of drug-likeness (QED) is 0.634. The van der Waals surface area contributed by atoms with Gasteiger partial charge in [0.25, 0.3) is 5.91 Å². The first-order valence-electron chi connectivity index (χ1n) is 9.52. The number of aliphatic imine (C=N–C) groups is 1. The number of rotatable bonds is 3. The van der Waals surface area contributed by atoms with Gasteiger partial charge in [-0.2, -0.15) is 0 Å². The molecule has 1 amide bonds. The third-order valence-electron chi connectivity index (χ3n) is 5.54. The summed E-state index contributed by atoms with van der Waals surface area (Å²) in [5, 5.41) is 1.45.